The van der Waals surface area contributed by atoms with Gasteiger partial charge in [0.25, 0.3) is 0 Å². The summed E-state index contributed by atoms with van der Waals surface area (Å²) in [7, 11) is -19.7. The van der Waals surface area contributed by atoms with Crippen molar-refractivity contribution in [2.75, 3.05) is 0 Å². The van der Waals surface area contributed by atoms with E-state index in [4.69, 9.17) is 38.9 Å². The molecule has 0 heterocycles. The second kappa shape index (κ2) is 17.4. The van der Waals surface area contributed by atoms with Gasteiger partial charge < -0.3 is 38.9 Å². The van der Waals surface area contributed by atoms with Crippen LogP contribution in [0.1, 0.15) is 123 Å². The zero-order valence-electron chi connectivity index (χ0n) is 40.3. The normalized spacial score (nSPS) is 18.8. The molecule has 9 nitrogen and oxygen atoms in total. The quantitative estimate of drug-likeness (QED) is 0.0988. The molecule has 0 aromatic heterocycles. The van der Waals surface area contributed by atoms with Gasteiger partial charge in [0.05, 0.1) is 21.3 Å². The van der Waals surface area contributed by atoms with Crippen LogP contribution in [-0.4, -0.2) is 91.9 Å². The Labute approximate surface area is 337 Å². The molecule has 0 bridgehead atoms. The number of hydrogen-bond acceptors (Lipinski definition) is 9. The molecule has 0 N–H and O–H groups in total. The molecular weight excluding hydrogens is 785 g/mol. The van der Waals surface area contributed by atoms with Crippen LogP contribution in [0.5, 0.6) is 0 Å². The fourth-order valence-corrected chi connectivity index (χ4v) is 35.8. The second-order valence-corrected chi connectivity index (χ2v) is 47.7. The molecule has 0 saturated heterocycles. The van der Waals surface area contributed by atoms with Crippen molar-refractivity contribution in [2.24, 2.45) is 0 Å². The van der Waals surface area contributed by atoms with Crippen LogP contribution in [0.4, 0.5) is 0 Å². The van der Waals surface area contributed by atoms with Crippen LogP contribution in [0.3, 0.4) is 0 Å². The Hall–Kier alpha value is 1.16. The van der Waals surface area contributed by atoms with Gasteiger partial charge in [-0.1, -0.05) is 20.8 Å². The zero-order chi connectivity index (χ0) is 43.0. The van der Waals surface area contributed by atoms with Crippen LogP contribution >= 0.6 is 0 Å². The summed E-state index contributed by atoms with van der Waals surface area (Å²) in [5.41, 5.74) is -0.841. The molecule has 0 aliphatic rings. The monoisotopic (exact) mass is 874 g/mol. The molecule has 0 aromatic rings. The third-order valence-electron chi connectivity index (χ3n) is 10.6. The van der Waals surface area contributed by atoms with Gasteiger partial charge in [0.1, 0.15) is 0 Å². The molecule has 0 rings (SSSR count). The maximum atomic E-state index is 7.28. The Morgan fingerprint density at radius 3 is 0.868 bits per heavy atom. The maximum absolute atomic E-state index is 7.28. The molecule has 0 fully saturated rings. The first-order chi connectivity index (χ1) is 22.8. The summed E-state index contributed by atoms with van der Waals surface area (Å²) in [6.07, 6.45) is 2.50. The molecule has 0 amide bonds. The lowest BCUT2D eigenvalue weighted by atomic mass is 10.1. The average molecular weight is 876 g/mol. The molecule has 0 saturated carbocycles. The summed E-state index contributed by atoms with van der Waals surface area (Å²) < 4.78 is 63.7. The highest BCUT2D eigenvalue weighted by molar-refractivity contribution is 6.88. The predicted octanol–water partition coefficient (Wildman–Crippen LogP) is 11.9. The minimum Gasteiger partial charge on any atom is -0.410 e. The van der Waals surface area contributed by atoms with Gasteiger partial charge in [0.2, 0.25) is 25.0 Å². The van der Waals surface area contributed by atoms with Crippen LogP contribution in [0.2, 0.25) is 85.1 Å². The van der Waals surface area contributed by atoms with E-state index in [1.165, 1.54) is 0 Å². The van der Waals surface area contributed by atoms with E-state index in [0.29, 0.717) is 0 Å². The van der Waals surface area contributed by atoms with Crippen molar-refractivity contribution >= 4 is 59.4 Å². The predicted molar refractivity (Wildman–Crippen MR) is 242 cm³/mol. The van der Waals surface area contributed by atoms with E-state index in [0.717, 1.165) is 19.3 Å². The minimum atomic E-state index is -3.57. The molecule has 53 heavy (non-hydrogen) atoms. The van der Waals surface area contributed by atoms with Gasteiger partial charge in [-0.3, -0.25) is 0 Å². The lowest BCUT2D eigenvalue weighted by Gasteiger charge is -2.52. The molecule has 0 spiro atoms. The first-order valence-electron chi connectivity index (χ1n) is 20.1. The molecular formula is C37H90O9Si7. The smallest absolute Gasteiger partial charge is 0.410 e. The average Bonchev–Trinajstić information content (AvgIpc) is 2.81. The van der Waals surface area contributed by atoms with Gasteiger partial charge >= 0.3 is 34.5 Å². The van der Waals surface area contributed by atoms with Crippen LogP contribution in [-0.2, 0) is 38.9 Å². The van der Waals surface area contributed by atoms with E-state index in [1.54, 1.807) is 0 Å². The van der Waals surface area contributed by atoms with Crippen molar-refractivity contribution < 1.29 is 38.9 Å². The van der Waals surface area contributed by atoms with Gasteiger partial charge in [0, 0.05) is 17.7 Å². The Kier molecular flexibility index (Phi) is 17.8. The molecule has 16 heteroatoms. The van der Waals surface area contributed by atoms with Crippen molar-refractivity contribution in [1.29, 1.82) is 0 Å². The fraction of sp³-hybridized carbons (Fsp3) is 1.00. The van der Waals surface area contributed by atoms with E-state index in [-0.39, 0.29) is 16.8 Å². The Morgan fingerprint density at radius 1 is 0.340 bits per heavy atom. The minimum absolute atomic E-state index is 0.252. The highest BCUT2D eigenvalue weighted by atomic mass is 28.5. The zero-order valence-corrected chi connectivity index (χ0v) is 47.3. The maximum Gasteiger partial charge on any atom is 0.470 e. The Balaban J connectivity index is 7.15. The largest absolute Gasteiger partial charge is 0.470 e. The summed E-state index contributed by atoms with van der Waals surface area (Å²) in [5, 5.41) is -1.58. The Morgan fingerprint density at radius 2 is 0.623 bits per heavy atom. The lowest BCUT2D eigenvalue weighted by Crippen LogP contribution is -2.69. The summed E-state index contributed by atoms with van der Waals surface area (Å²) in [6, 6.07) is 0. The first kappa shape index (κ1) is 54.2. The fourth-order valence-electron chi connectivity index (χ4n) is 7.16. The number of rotatable bonds is 22. The van der Waals surface area contributed by atoms with Gasteiger partial charge in [-0.2, -0.15) is 0 Å². The van der Waals surface area contributed by atoms with Crippen LogP contribution in [0.15, 0.2) is 0 Å². The van der Waals surface area contributed by atoms with E-state index in [9.17, 15) is 0 Å². The van der Waals surface area contributed by atoms with E-state index < -0.39 is 75.1 Å². The summed E-state index contributed by atoms with van der Waals surface area (Å²) in [4.78, 5) is 0. The molecule has 2 unspecified atom stereocenters. The Bertz CT molecular complexity index is 1120. The standard InChI is InChI=1S/C37H90O9Si7/c1-29-34(10,11)40-47(16,17)35(12,13)41-50(22,23)44-53(28,45-51(24,25)42-36(14,30-2)48(18,19)38-32(4,5)6)46-52(26,27)43-37(15,31-3)49(20,21)39-33(7,8)9/h29-31H2,1-28H3. The van der Waals surface area contributed by atoms with Crippen LogP contribution in [0, 0.1) is 0 Å². The van der Waals surface area contributed by atoms with E-state index in [1.807, 2.05) is 6.55 Å². The summed E-state index contributed by atoms with van der Waals surface area (Å²) >= 11 is 0. The third kappa shape index (κ3) is 16.7. The molecule has 0 aliphatic carbocycles. The van der Waals surface area contributed by atoms with Crippen molar-refractivity contribution in [3.63, 3.8) is 0 Å². The summed E-state index contributed by atoms with van der Waals surface area (Å²) in [6.45, 7) is 60.3. The van der Waals surface area contributed by atoms with Gasteiger partial charge in [0.15, 0.2) is 0 Å². The van der Waals surface area contributed by atoms with Crippen molar-refractivity contribution in [2.45, 2.75) is 241 Å². The van der Waals surface area contributed by atoms with Crippen molar-refractivity contribution in [3.8, 4) is 0 Å². The molecule has 2 atom stereocenters. The van der Waals surface area contributed by atoms with Crippen LogP contribution in [0.25, 0.3) is 0 Å². The number of hydrogen-bond donors (Lipinski definition) is 0. The van der Waals surface area contributed by atoms with Crippen molar-refractivity contribution in [1.82, 2.24) is 0 Å². The lowest BCUT2D eigenvalue weighted by molar-refractivity contribution is 0.0310. The molecule has 0 aromatic carbocycles. The van der Waals surface area contributed by atoms with Crippen LogP contribution < -0.4 is 0 Å². The molecule has 0 aliphatic heterocycles. The third-order valence-corrected chi connectivity index (χ3v) is 36.8. The van der Waals surface area contributed by atoms with Gasteiger partial charge in [-0.15, -0.1) is 0 Å². The SMILES string of the molecule is CCC(C)(C)O[Si](C)(C)C(C)(C)O[Si](C)(C)O[Si](C)(O[Si](C)(C)OC(C)(CC)[Si](C)(C)OC(C)(C)C)O[Si](C)(C)OC(C)(CC)[Si](C)(C)OC(C)(C)C. The van der Waals surface area contributed by atoms with Crippen molar-refractivity contribution in [3.05, 3.63) is 0 Å². The van der Waals surface area contributed by atoms with E-state index in [2.05, 4.69) is 182 Å². The highest BCUT2D eigenvalue weighted by Gasteiger charge is 2.59. The van der Waals surface area contributed by atoms with Gasteiger partial charge in [-0.05, 0) is 181 Å². The molecule has 320 valence electrons. The van der Waals surface area contributed by atoms with Gasteiger partial charge in [-0.25, -0.2) is 0 Å². The second-order valence-electron chi connectivity index (χ2n) is 21.5. The topological polar surface area (TPSA) is 83.1 Å². The van der Waals surface area contributed by atoms with E-state index >= 15 is 0 Å². The summed E-state index contributed by atoms with van der Waals surface area (Å²) in [5.74, 6) is 0. The first-order valence-corrected chi connectivity index (χ1v) is 39.5. The highest BCUT2D eigenvalue weighted by Crippen LogP contribution is 2.40. The molecule has 0 radical (unpaired) electrons.